The number of hydrogen-bond acceptors (Lipinski definition) is 1. The van der Waals surface area contributed by atoms with Crippen molar-refractivity contribution >= 4 is 56.4 Å². The predicted molar refractivity (Wildman–Crippen MR) is 241 cm³/mol. The summed E-state index contributed by atoms with van der Waals surface area (Å²) in [5, 5.41) is 5.84. The van der Waals surface area contributed by atoms with E-state index in [4.69, 9.17) is 10.7 Å². The Bertz CT molecular complexity index is 3220. The van der Waals surface area contributed by atoms with Crippen molar-refractivity contribution < 1.29 is 4.39 Å². The molecule has 4 nitrogen and oxygen atoms in total. The first-order valence-corrected chi connectivity index (χ1v) is 19.6. The van der Waals surface area contributed by atoms with E-state index < -0.39 is 0 Å². The highest BCUT2D eigenvalue weighted by Crippen LogP contribution is 2.36. The van der Waals surface area contributed by atoms with Gasteiger partial charge in [-0.1, -0.05) is 152 Å². The first-order chi connectivity index (χ1) is 28.6. The van der Waals surface area contributed by atoms with Crippen molar-refractivity contribution in [1.82, 2.24) is 9.13 Å². The Morgan fingerprint density at radius 2 is 1.33 bits per heavy atom. The molecule has 0 amide bonds. The van der Waals surface area contributed by atoms with E-state index >= 15 is 4.39 Å². The average Bonchev–Trinajstić information content (AvgIpc) is 3.79. The smallest absolute Gasteiger partial charge is 0.205 e. The highest BCUT2D eigenvalue weighted by Gasteiger charge is 2.19. The molecule has 278 valence electrons. The van der Waals surface area contributed by atoms with Crippen LogP contribution < -0.4 is 16.3 Å². The molecule has 58 heavy (non-hydrogen) atoms. The quantitative estimate of drug-likeness (QED) is 0.0984. The molecule has 9 aromatic rings. The summed E-state index contributed by atoms with van der Waals surface area (Å²) in [6.45, 7) is 4.07. The summed E-state index contributed by atoms with van der Waals surface area (Å²) < 4.78 is 19.6. The first-order valence-electron chi connectivity index (χ1n) is 19.6. The fraction of sp³-hybridized carbons (Fsp3) is 0.0377. The van der Waals surface area contributed by atoms with Crippen LogP contribution in [0.2, 0.25) is 0 Å². The minimum Gasteiger partial charge on any atom is -0.369 e. The maximum atomic E-state index is 15.2. The Balaban J connectivity index is 0.971. The molecule has 10 rings (SSSR count). The molecule has 1 aliphatic carbocycles. The number of hydrogen-bond donors (Lipinski definition) is 1. The van der Waals surface area contributed by atoms with Gasteiger partial charge in [0.15, 0.2) is 0 Å². The zero-order valence-electron chi connectivity index (χ0n) is 31.8. The molecule has 0 aliphatic heterocycles. The predicted octanol–water partition coefficient (Wildman–Crippen LogP) is 11.3. The normalized spacial score (nSPS) is 14.3. The lowest BCUT2D eigenvalue weighted by Gasteiger charge is -2.15. The Morgan fingerprint density at radius 1 is 0.655 bits per heavy atom. The number of nitrogens with two attached hydrogens (primary N) is 1. The van der Waals surface area contributed by atoms with Gasteiger partial charge in [-0.15, -0.1) is 0 Å². The van der Waals surface area contributed by atoms with Crippen molar-refractivity contribution in [2.24, 2.45) is 10.7 Å². The van der Waals surface area contributed by atoms with E-state index in [-0.39, 0.29) is 11.7 Å². The summed E-state index contributed by atoms with van der Waals surface area (Å²) in [5.74, 6) is 0.321. The fourth-order valence-corrected chi connectivity index (χ4v) is 8.56. The highest BCUT2D eigenvalue weighted by molar-refractivity contribution is 6.09. The van der Waals surface area contributed by atoms with Gasteiger partial charge in [-0.25, -0.2) is 9.38 Å². The molecule has 0 saturated carbocycles. The van der Waals surface area contributed by atoms with Crippen molar-refractivity contribution in [2.45, 2.75) is 12.3 Å². The van der Waals surface area contributed by atoms with Gasteiger partial charge in [0.05, 0.1) is 21.9 Å². The monoisotopic (exact) mass is 750 g/mol. The number of fused-ring (bicyclic) bond motifs is 6. The van der Waals surface area contributed by atoms with E-state index in [9.17, 15) is 0 Å². The molecular weight excluding hydrogens is 712 g/mol. The largest absolute Gasteiger partial charge is 0.369 e. The molecule has 0 bridgehead atoms. The summed E-state index contributed by atoms with van der Waals surface area (Å²) in [6, 6.07) is 57.5. The Hall–Kier alpha value is -7.50. The van der Waals surface area contributed by atoms with Crippen LogP contribution in [0.1, 0.15) is 23.5 Å². The third kappa shape index (κ3) is 6.05. The number of benzene rings is 7. The van der Waals surface area contributed by atoms with Gasteiger partial charge in [0.25, 0.3) is 0 Å². The molecule has 0 spiro atoms. The van der Waals surface area contributed by atoms with Gasteiger partial charge in [0.2, 0.25) is 5.96 Å². The molecule has 0 saturated heterocycles. The molecule has 2 heterocycles. The van der Waals surface area contributed by atoms with Crippen LogP contribution in [-0.4, -0.2) is 15.1 Å². The van der Waals surface area contributed by atoms with Crippen molar-refractivity contribution in [1.29, 1.82) is 0 Å². The molecule has 1 aliphatic rings. The van der Waals surface area contributed by atoms with E-state index in [1.807, 2.05) is 72.8 Å². The van der Waals surface area contributed by atoms with Gasteiger partial charge in [-0.2, -0.15) is 0 Å². The zero-order chi connectivity index (χ0) is 39.2. The molecule has 5 heteroatoms. The zero-order valence-corrected chi connectivity index (χ0v) is 31.8. The van der Waals surface area contributed by atoms with Crippen LogP contribution in [-0.2, 0) is 0 Å². The number of nitrogens with zero attached hydrogens (tertiary/aromatic N) is 3. The molecular formula is C53H39FN4. The lowest BCUT2D eigenvalue weighted by atomic mass is 9.90. The van der Waals surface area contributed by atoms with Crippen LogP contribution >= 0.6 is 0 Å². The number of halogens is 1. The Labute approximate surface area is 336 Å². The lowest BCUT2D eigenvalue weighted by Crippen LogP contribution is -2.38. The van der Waals surface area contributed by atoms with Crippen LogP contribution in [0.15, 0.2) is 194 Å². The third-order valence-electron chi connectivity index (χ3n) is 11.4. The number of para-hydroxylation sites is 3. The lowest BCUT2D eigenvalue weighted by molar-refractivity contribution is 0.632. The molecule has 2 aromatic heterocycles. The summed E-state index contributed by atoms with van der Waals surface area (Å²) in [6.07, 6.45) is 9.07. The highest BCUT2D eigenvalue weighted by atomic mass is 19.1. The van der Waals surface area contributed by atoms with E-state index in [0.29, 0.717) is 11.5 Å². The third-order valence-corrected chi connectivity index (χ3v) is 11.4. The summed E-state index contributed by atoms with van der Waals surface area (Å²) in [7, 11) is 0. The average molecular weight is 751 g/mol. The molecule has 0 fully saturated rings. The van der Waals surface area contributed by atoms with Crippen molar-refractivity contribution in [3.05, 3.63) is 216 Å². The van der Waals surface area contributed by atoms with Crippen molar-refractivity contribution in [2.75, 3.05) is 0 Å². The fourth-order valence-electron chi connectivity index (χ4n) is 8.56. The van der Waals surface area contributed by atoms with E-state index in [2.05, 4.69) is 119 Å². The van der Waals surface area contributed by atoms with Crippen LogP contribution in [0.5, 0.6) is 0 Å². The van der Waals surface area contributed by atoms with Gasteiger partial charge in [0.1, 0.15) is 5.82 Å². The second-order valence-electron chi connectivity index (χ2n) is 14.7. The maximum absolute atomic E-state index is 15.2. The second-order valence-corrected chi connectivity index (χ2v) is 14.7. The van der Waals surface area contributed by atoms with Gasteiger partial charge in [-0.05, 0) is 82.3 Å². The second kappa shape index (κ2) is 14.5. The van der Waals surface area contributed by atoms with E-state index in [0.717, 1.165) is 61.4 Å². The molecule has 2 N–H and O–H groups in total. The molecule has 1 unspecified atom stereocenters. The van der Waals surface area contributed by atoms with Crippen LogP contribution in [0.4, 0.5) is 4.39 Å². The number of aliphatic imine (C=N–C) groups is 1. The molecule has 7 aromatic carbocycles. The van der Waals surface area contributed by atoms with Crippen molar-refractivity contribution in [3.63, 3.8) is 0 Å². The van der Waals surface area contributed by atoms with Crippen LogP contribution in [0.25, 0.3) is 78.4 Å². The molecule has 0 radical (unpaired) electrons. The summed E-state index contributed by atoms with van der Waals surface area (Å²) >= 11 is 0. The summed E-state index contributed by atoms with van der Waals surface area (Å²) in [5.41, 5.74) is 17.6. The number of aromatic nitrogens is 2. The molecule has 1 atom stereocenters. The standard InChI is InChI=1S/C53H39FN4/c1-2-35(36-21-23-37(24-22-36)41-25-28-43(48(54)33-41)38-13-5-3-6-14-38)34-56-53(55)58-50-20-12-10-18-45(50)47-32-40(27-30-52(47)58)39-26-29-51-46(31-39)44-17-9-11-19-49(44)57(51)42-15-7-4-8-16-42/h2-26,28-34,40H,1,27H2,(H2,55,56)/b35-34+. The van der Waals surface area contributed by atoms with Crippen LogP contribution in [0, 0.1) is 5.82 Å². The topological polar surface area (TPSA) is 48.2 Å². The van der Waals surface area contributed by atoms with Gasteiger partial charge >= 0.3 is 0 Å². The van der Waals surface area contributed by atoms with Gasteiger partial charge in [0, 0.05) is 44.7 Å². The van der Waals surface area contributed by atoms with Gasteiger partial charge in [-0.3, -0.25) is 4.57 Å². The number of rotatable bonds is 7. The minimum absolute atomic E-state index is 0.196. The SMILES string of the molecule is C=C/C(=C\N=C(/N)n1c2c(c3ccccc31)=CC(c1ccc3c(c1)c1ccccc1n3-c1ccccc1)CC=2)c1ccc(-c2ccc(-c3ccccc3)c(F)c2)cc1. The van der Waals surface area contributed by atoms with E-state index in [1.54, 1.807) is 18.3 Å². The minimum atomic E-state index is -0.251. The van der Waals surface area contributed by atoms with Gasteiger partial charge < -0.3 is 10.3 Å². The van der Waals surface area contributed by atoms with Crippen molar-refractivity contribution in [3.8, 4) is 27.9 Å². The Kier molecular flexibility index (Phi) is 8.76. The first kappa shape index (κ1) is 35.0. The maximum Gasteiger partial charge on any atom is 0.205 e. The summed E-state index contributed by atoms with van der Waals surface area (Å²) in [4.78, 5) is 4.81. The Morgan fingerprint density at radius 3 is 2.09 bits per heavy atom. The van der Waals surface area contributed by atoms with Crippen LogP contribution in [0.3, 0.4) is 0 Å². The van der Waals surface area contributed by atoms with E-state index in [1.165, 1.54) is 27.4 Å². The number of allylic oxidation sites excluding steroid dienone is 2.